The van der Waals surface area contributed by atoms with Crippen LogP contribution in [-0.4, -0.2) is 67.6 Å². The summed E-state index contributed by atoms with van der Waals surface area (Å²) >= 11 is 1.78. The number of nitrogens with one attached hydrogen (secondary N) is 2. The number of benzene rings is 1. The standard InChI is InChI=1S/C23H36N6S/c1-18-19(2)30-22(27-18)10-11-25-23(24-3)26-16-20-6-8-21(9-7-20)17-29-13-5-12-28(4)14-15-29/h6-9H,5,10-17H2,1-4H3,(H2,24,25,26). The summed E-state index contributed by atoms with van der Waals surface area (Å²) in [5.74, 6) is 0.831. The molecule has 2 heterocycles. The maximum atomic E-state index is 4.60. The van der Waals surface area contributed by atoms with Crippen LogP contribution in [0.2, 0.25) is 0 Å². The molecule has 1 aromatic heterocycles. The van der Waals surface area contributed by atoms with Crippen molar-refractivity contribution in [2.24, 2.45) is 4.99 Å². The third-order valence-corrected chi connectivity index (χ3v) is 6.76. The highest BCUT2D eigenvalue weighted by Gasteiger charge is 2.12. The zero-order valence-electron chi connectivity index (χ0n) is 18.9. The van der Waals surface area contributed by atoms with Crippen molar-refractivity contribution in [1.29, 1.82) is 0 Å². The largest absolute Gasteiger partial charge is 0.356 e. The first kappa shape index (κ1) is 22.7. The van der Waals surface area contributed by atoms with Gasteiger partial charge in [-0.05, 0) is 51.5 Å². The first-order chi connectivity index (χ1) is 14.5. The Balaban J connectivity index is 1.40. The van der Waals surface area contributed by atoms with E-state index in [1.54, 1.807) is 11.3 Å². The summed E-state index contributed by atoms with van der Waals surface area (Å²) in [6, 6.07) is 8.96. The molecule has 164 valence electrons. The fourth-order valence-corrected chi connectivity index (χ4v) is 4.55. The average molecular weight is 429 g/mol. The minimum atomic E-state index is 0.768. The zero-order valence-corrected chi connectivity index (χ0v) is 19.7. The van der Waals surface area contributed by atoms with Gasteiger partial charge in [0.05, 0.1) is 10.7 Å². The Kier molecular flexibility index (Phi) is 8.66. The summed E-state index contributed by atoms with van der Waals surface area (Å²) in [6.07, 6.45) is 2.17. The molecule has 3 rings (SSSR count). The molecule has 0 saturated carbocycles. The van der Waals surface area contributed by atoms with Gasteiger partial charge >= 0.3 is 0 Å². The zero-order chi connectivity index (χ0) is 21.3. The predicted molar refractivity (Wildman–Crippen MR) is 127 cm³/mol. The lowest BCUT2D eigenvalue weighted by molar-refractivity contribution is 0.269. The van der Waals surface area contributed by atoms with Crippen LogP contribution in [0.3, 0.4) is 0 Å². The van der Waals surface area contributed by atoms with Crippen molar-refractivity contribution in [3.63, 3.8) is 0 Å². The van der Waals surface area contributed by atoms with Gasteiger partial charge in [0, 0.05) is 51.1 Å². The lowest BCUT2D eigenvalue weighted by Crippen LogP contribution is -2.37. The van der Waals surface area contributed by atoms with E-state index in [9.17, 15) is 0 Å². The summed E-state index contributed by atoms with van der Waals surface area (Å²) in [5.41, 5.74) is 3.80. The second-order valence-corrected chi connectivity index (χ2v) is 9.39. The normalized spacial score (nSPS) is 16.5. The molecule has 0 radical (unpaired) electrons. The van der Waals surface area contributed by atoms with Crippen molar-refractivity contribution in [3.8, 4) is 0 Å². The van der Waals surface area contributed by atoms with Crippen LogP contribution in [0.5, 0.6) is 0 Å². The van der Waals surface area contributed by atoms with Gasteiger partial charge in [0.15, 0.2) is 5.96 Å². The summed E-state index contributed by atoms with van der Waals surface area (Å²) < 4.78 is 0. The Bertz CT molecular complexity index is 794. The van der Waals surface area contributed by atoms with E-state index in [4.69, 9.17) is 0 Å². The maximum absolute atomic E-state index is 4.60. The molecule has 0 bridgehead atoms. The summed E-state index contributed by atoms with van der Waals surface area (Å²) in [4.78, 5) is 15.2. The van der Waals surface area contributed by atoms with E-state index in [-0.39, 0.29) is 0 Å². The molecule has 6 nitrogen and oxygen atoms in total. The van der Waals surface area contributed by atoms with Gasteiger partial charge in [0.1, 0.15) is 0 Å². The second-order valence-electron chi connectivity index (χ2n) is 8.10. The fraction of sp³-hybridized carbons (Fsp3) is 0.565. The van der Waals surface area contributed by atoms with Crippen molar-refractivity contribution < 1.29 is 0 Å². The number of hydrogen-bond donors (Lipinski definition) is 2. The van der Waals surface area contributed by atoms with Gasteiger partial charge in [-0.3, -0.25) is 9.89 Å². The van der Waals surface area contributed by atoms with Gasteiger partial charge in [-0.1, -0.05) is 24.3 Å². The van der Waals surface area contributed by atoms with Gasteiger partial charge in [0.25, 0.3) is 0 Å². The number of aromatic nitrogens is 1. The smallest absolute Gasteiger partial charge is 0.191 e. The van der Waals surface area contributed by atoms with Gasteiger partial charge < -0.3 is 15.5 Å². The Morgan fingerprint density at radius 3 is 2.53 bits per heavy atom. The highest BCUT2D eigenvalue weighted by atomic mass is 32.1. The quantitative estimate of drug-likeness (QED) is 0.525. The molecule has 2 aromatic rings. The van der Waals surface area contributed by atoms with Crippen LogP contribution in [0, 0.1) is 13.8 Å². The van der Waals surface area contributed by atoms with Crippen molar-refractivity contribution in [3.05, 3.63) is 51.0 Å². The predicted octanol–water partition coefficient (Wildman–Crippen LogP) is 2.81. The Morgan fingerprint density at radius 2 is 1.83 bits per heavy atom. The Morgan fingerprint density at radius 1 is 1.07 bits per heavy atom. The first-order valence-corrected chi connectivity index (χ1v) is 11.7. The number of likely N-dealkylation sites (N-methyl/N-ethyl adjacent to an activating group) is 1. The molecule has 7 heteroatoms. The average Bonchev–Trinajstić information content (AvgIpc) is 2.92. The molecule has 1 aliphatic rings. The molecule has 2 N–H and O–H groups in total. The molecule has 0 amide bonds. The number of rotatable bonds is 7. The molecular formula is C23H36N6S. The van der Waals surface area contributed by atoms with Crippen molar-refractivity contribution in [2.75, 3.05) is 46.8 Å². The third kappa shape index (κ3) is 7.07. The van der Waals surface area contributed by atoms with Crippen LogP contribution < -0.4 is 10.6 Å². The van der Waals surface area contributed by atoms with Crippen LogP contribution in [0.4, 0.5) is 0 Å². The molecule has 30 heavy (non-hydrogen) atoms. The molecule has 1 fully saturated rings. The molecule has 1 aromatic carbocycles. The highest BCUT2D eigenvalue weighted by molar-refractivity contribution is 7.11. The molecule has 1 aliphatic heterocycles. The summed E-state index contributed by atoms with van der Waals surface area (Å²) in [7, 11) is 4.03. The van der Waals surface area contributed by atoms with Crippen LogP contribution in [0.15, 0.2) is 29.3 Å². The number of hydrogen-bond acceptors (Lipinski definition) is 5. The number of nitrogens with zero attached hydrogens (tertiary/aromatic N) is 4. The molecule has 0 aliphatic carbocycles. The number of aliphatic imine (C=N–C) groups is 1. The van der Waals surface area contributed by atoms with Crippen LogP contribution in [0.25, 0.3) is 0 Å². The molecule has 1 saturated heterocycles. The van der Waals surface area contributed by atoms with E-state index in [0.717, 1.165) is 50.8 Å². The van der Waals surface area contributed by atoms with Crippen LogP contribution >= 0.6 is 11.3 Å². The lowest BCUT2D eigenvalue weighted by Gasteiger charge is -2.20. The Labute approximate surface area is 185 Å². The van der Waals surface area contributed by atoms with Gasteiger partial charge in [-0.2, -0.15) is 0 Å². The monoisotopic (exact) mass is 428 g/mol. The molecular weight excluding hydrogens is 392 g/mol. The van der Waals surface area contributed by atoms with E-state index in [1.807, 2.05) is 7.05 Å². The van der Waals surface area contributed by atoms with Crippen molar-refractivity contribution in [1.82, 2.24) is 25.4 Å². The minimum Gasteiger partial charge on any atom is -0.356 e. The number of guanidine groups is 1. The minimum absolute atomic E-state index is 0.768. The topological polar surface area (TPSA) is 55.8 Å². The van der Waals surface area contributed by atoms with Crippen molar-refractivity contribution in [2.45, 2.75) is 39.8 Å². The van der Waals surface area contributed by atoms with Gasteiger partial charge in [-0.15, -0.1) is 11.3 Å². The van der Waals surface area contributed by atoms with E-state index < -0.39 is 0 Å². The van der Waals surface area contributed by atoms with E-state index in [2.05, 4.69) is 75.6 Å². The van der Waals surface area contributed by atoms with E-state index >= 15 is 0 Å². The van der Waals surface area contributed by atoms with E-state index in [0.29, 0.717) is 0 Å². The number of thiazole rings is 1. The third-order valence-electron chi connectivity index (χ3n) is 5.63. The Hall–Kier alpha value is -1.96. The molecule has 0 spiro atoms. The van der Waals surface area contributed by atoms with Gasteiger partial charge in [-0.25, -0.2) is 4.98 Å². The van der Waals surface area contributed by atoms with E-state index in [1.165, 1.54) is 40.5 Å². The van der Waals surface area contributed by atoms with Gasteiger partial charge in [0.2, 0.25) is 0 Å². The second kappa shape index (κ2) is 11.4. The molecule has 0 unspecified atom stereocenters. The lowest BCUT2D eigenvalue weighted by atomic mass is 10.1. The summed E-state index contributed by atoms with van der Waals surface area (Å²) in [5, 5.41) is 7.98. The highest BCUT2D eigenvalue weighted by Crippen LogP contribution is 2.16. The fourth-order valence-electron chi connectivity index (χ4n) is 3.62. The SMILES string of the molecule is CN=C(NCCc1nc(C)c(C)s1)NCc1ccc(CN2CCCN(C)CC2)cc1. The first-order valence-electron chi connectivity index (χ1n) is 10.9. The molecule has 0 atom stereocenters. The van der Waals surface area contributed by atoms with Crippen molar-refractivity contribution >= 4 is 17.3 Å². The van der Waals surface area contributed by atoms with Crippen LogP contribution in [-0.2, 0) is 19.5 Å². The maximum Gasteiger partial charge on any atom is 0.191 e. The number of aryl methyl sites for hydroxylation is 2. The summed E-state index contributed by atoms with van der Waals surface area (Å²) in [6.45, 7) is 11.6. The van der Waals surface area contributed by atoms with Crippen LogP contribution in [0.1, 0.15) is 33.1 Å².